The van der Waals surface area contributed by atoms with Crippen molar-refractivity contribution in [1.29, 1.82) is 0 Å². The van der Waals surface area contributed by atoms with Crippen molar-refractivity contribution in [2.45, 2.75) is 52.0 Å². The van der Waals surface area contributed by atoms with E-state index in [0.717, 1.165) is 12.8 Å². The zero-order chi connectivity index (χ0) is 20.8. The Hall–Kier alpha value is -2.70. The molecule has 29 heavy (non-hydrogen) atoms. The fraction of sp³-hybridized carbons (Fsp3) is 0.500. The SMILES string of the molecule is CC1CCCC(NC(=O)COC(=O)CCc2ncc(-c3ccc(F)cc3)o2)C1C. The van der Waals surface area contributed by atoms with Gasteiger partial charge in [0.15, 0.2) is 18.3 Å². The van der Waals surface area contributed by atoms with Crippen LogP contribution in [0.15, 0.2) is 34.9 Å². The molecule has 1 amide bonds. The first-order valence-electron chi connectivity index (χ1n) is 10.1. The molecule has 3 unspecified atom stereocenters. The zero-order valence-electron chi connectivity index (χ0n) is 16.8. The van der Waals surface area contributed by atoms with Crippen molar-refractivity contribution in [3.8, 4) is 11.3 Å². The maximum atomic E-state index is 13.0. The lowest BCUT2D eigenvalue weighted by Crippen LogP contribution is -2.45. The highest BCUT2D eigenvalue weighted by molar-refractivity contribution is 5.80. The molecule has 3 rings (SSSR count). The van der Waals surface area contributed by atoms with E-state index in [2.05, 4.69) is 24.1 Å². The van der Waals surface area contributed by atoms with Gasteiger partial charge in [-0.3, -0.25) is 9.59 Å². The molecule has 1 aliphatic carbocycles. The molecule has 1 heterocycles. The normalized spacial score (nSPS) is 21.6. The van der Waals surface area contributed by atoms with Gasteiger partial charge in [-0.2, -0.15) is 0 Å². The van der Waals surface area contributed by atoms with E-state index < -0.39 is 5.97 Å². The fourth-order valence-electron chi connectivity index (χ4n) is 3.63. The Morgan fingerprint density at radius 3 is 2.76 bits per heavy atom. The molecule has 3 atom stereocenters. The number of nitrogens with zero attached hydrogens (tertiary/aromatic N) is 1. The predicted molar refractivity (Wildman–Crippen MR) is 105 cm³/mol. The van der Waals surface area contributed by atoms with Crippen molar-refractivity contribution in [2.75, 3.05) is 6.61 Å². The third-order valence-electron chi connectivity index (χ3n) is 5.64. The number of hydrogen-bond donors (Lipinski definition) is 1. The molecule has 1 N–H and O–H groups in total. The molecule has 0 spiro atoms. The highest BCUT2D eigenvalue weighted by Crippen LogP contribution is 2.29. The Morgan fingerprint density at radius 1 is 1.24 bits per heavy atom. The summed E-state index contributed by atoms with van der Waals surface area (Å²) >= 11 is 0. The highest BCUT2D eigenvalue weighted by atomic mass is 19.1. The van der Waals surface area contributed by atoms with Crippen molar-refractivity contribution < 1.29 is 23.1 Å². The predicted octanol–water partition coefficient (Wildman–Crippen LogP) is 3.90. The molecule has 1 saturated carbocycles. The Bertz CT molecular complexity index is 834. The number of aromatic nitrogens is 1. The zero-order valence-corrected chi connectivity index (χ0v) is 16.8. The molecule has 0 radical (unpaired) electrons. The Morgan fingerprint density at radius 2 is 2.00 bits per heavy atom. The van der Waals surface area contributed by atoms with Gasteiger partial charge in [0, 0.05) is 18.0 Å². The number of amides is 1. The summed E-state index contributed by atoms with van der Waals surface area (Å²) in [5.74, 6) is 0.818. The molecule has 1 fully saturated rings. The molecule has 1 aliphatic rings. The quantitative estimate of drug-likeness (QED) is 0.711. The third-order valence-corrected chi connectivity index (χ3v) is 5.64. The van der Waals surface area contributed by atoms with Crippen LogP contribution < -0.4 is 5.32 Å². The fourth-order valence-corrected chi connectivity index (χ4v) is 3.63. The summed E-state index contributed by atoms with van der Waals surface area (Å²) < 4.78 is 23.6. The van der Waals surface area contributed by atoms with E-state index in [1.807, 2.05) is 0 Å². The van der Waals surface area contributed by atoms with E-state index in [9.17, 15) is 14.0 Å². The number of benzene rings is 1. The van der Waals surface area contributed by atoms with Crippen LogP contribution in [0.1, 0.15) is 45.4 Å². The largest absolute Gasteiger partial charge is 0.456 e. The minimum Gasteiger partial charge on any atom is -0.456 e. The van der Waals surface area contributed by atoms with E-state index in [-0.39, 0.29) is 37.2 Å². The van der Waals surface area contributed by atoms with Gasteiger partial charge in [0.05, 0.1) is 12.6 Å². The average Bonchev–Trinajstić information content (AvgIpc) is 3.18. The summed E-state index contributed by atoms with van der Waals surface area (Å²) in [6, 6.07) is 6.02. The summed E-state index contributed by atoms with van der Waals surface area (Å²) in [4.78, 5) is 28.1. The number of rotatable bonds is 7. The molecule has 1 aromatic heterocycles. The van der Waals surface area contributed by atoms with Crippen molar-refractivity contribution >= 4 is 11.9 Å². The monoisotopic (exact) mass is 402 g/mol. The van der Waals surface area contributed by atoms with Gasteiger partial charge in [0.2, 0.25) is 0 Å². The number of halogens is 1. The van der Waals surface area contributed by atoms with Crippen molar-refractivity contribution in [2.24, 2.45) is 11.8 Å². The third kappa shape index (κ3) is 5.89. The second-order valence-corrected chi connectivity index (χ2v) is 7.73. The van der Waals surface area contributed by atoms with E-state index >= 15 is 0 Å². The standard InChI is InChI=1S/C22H27FN2O4/c1-14-4-3-5-18(15(14)2)25-20(26)13-28-22(27)11-10-21-24-12-19(29-21)16-6-8-17(23)9-7-16/h6-9,12,14-15,18H,3-5,10-11,13H2,1-2H3,(H,25,26). The maximum Gasteiger partial charge on any atom is 0.306 e. The average molecular weight is 402 g/mol. The van der Waals surface area contributed by atoms with Crippen LogP contribution in [0.3, 0.4) is 0 Å². The summed E-state index contributed by atoms with van der Waals surface area (Å²) in [5, 5.41) is 2.98. The first-order valence-corrected chi connectivity index (χ1v) is 10.1. The van der Waals surface area contributed by atoms with Gasteiger partial charge in [-0.1, -0.05) is 26.7 Å². The number of ether oxygens (including phenoxy) is 1. The van der Waals surface area contributed by atoms with Crippen LogP contribution in [0.25, 0.3) is 11.3 Å². The maximum absolute atomic E-state index is 13.0. The molecule has 1 aromatic carbocycles. The molecule has 0 bridgehead atoms. The first kappa shape index (κ1) is 21.0. The first-order chi connectivity index (χ1) is 13.9. The van der Waals surface area contributed by atoms with Crippen LogP contribution in [0, 0.1) is 17.7 Å². The van der Waals surface area contributed by atoms with E-state index in [1.165, 1.54) is 24.8 Å². The number of oxazole rings is 1. The highest BCUT2D eigenvalue weighted by Gasteiger charge is 2.28. The molecule has 0 aliphatic heterocycles. The number of nitrogens with one attached hydrogen (secondary N) is 1. The number of hydrogen-bond acceptors (Lipinski definition) is 5. The van der Waals surface area contributed by atoms with Crippen molar-refractivity contribution in [1.82, 2.24) is 10.3 Å². The Kier molecular flexibility index (Phi) is 7.01. The van der Waals surface area contributed by atoms with Gasteiger partial charge in [-0.25, -0.2) is 9.37 Å². The topological polar surface area (TPSA) is 81.4 Å². The van der Waals surface area contributed by atoms with Crippen molar-refractivity contribution in [3.05, 3.63) is 42.2 Å². The van der Waals surface area contributed by atoms with Gasteiger partial charge < -0.3 is 14.5 Å². The number of aryl methyl sites for hydroxylation is 1. The summed E-state index contributed by atoms with van der Waals surface area (Å²) in [7, 11) is 0. The van der Waals surface area contributed by atoms with Crippen LogP contribution in [0.4, 0.5) is 4.39 Å². The van der Waals surface area contributed by atoms with Crippen molar-refractivity contribution in [3.63, 3.8) is 0 Å². The van der Waals surface area contributed by atoms with E-state index in [4.69, 9.17) is 9.15 Å². The van der Waals surface area contributed by atoms with Crippen LogP contribution in [-0.4, -0.2) is 29.5 Å². The molecule has 0 saturated heterocycles. The van der Waals surface area contributed by atoms with E-state index in [0.29, 0.717) is 29.1 Å². The minimum atomic E-state index is -0.480. The minimum absolute atomic E-state index is 0.0630. The number of carbonyl (C=O) groups excluding carboxylic acids is 2. The summed E-state index contributed by atoms with van der Waals surface area (Å²) in [5.41, 5.74) is 0.704. The van der Waals surface area contributed by atoms with Crippen LogP contribution in [0.2, 0.25) is 0 Å². The number of carbonyl (C=O) groups is 2. The van der Waals surface area contributed by atoms with Gasteiger partial charge in [0.1, 0.15) is 5.82 Å². The smallest absolute Gasteiger partial charge is 0.306 e. The number of esters is 1. The lowest BCUT2D eigenvalue weighted by atomic mass is 9.78. The van der Waals surface area contributed by atoms with Gasteiger partial charge >= 0.3 is 5.97 Å². The molecule has 2 aromatic rings. The Balaban J connectivity index is 1.40. The molecule has 156 valence electrons. The second-order valence-electron chi connectivity index (χ2n) is 7.73. The lowest BCUT2D eigenvalue weighted by Gasteiger charge is -2.34. The van der Waals surface area contributed by atoms with Crippen LogP contribution >= 0.6 is 0 Å². The summed E-state index contributed by atoms with van der Waals surface area (Å²) in [6.07, 6.45) is 5.12. The summed E-state index contributed by atoms with van der Waals surface area (Å²) in [6.45, 7) is 4.08. The Labute approximate surface area is 169 Å². The van der Waals surface area contributed by atoms with Gasteiger partial charge in [-0.15, -0.1) is 0 Å². The van der Waals surface area contributed by atoms with Crippen LogP contribution in [-0.2, 0) is 20.7 Å². The van der Waals surface area contributed by atoms with Crippen LogP contribution in [0.5, 0.6) is 0 Å². The van der Waals surface area contributed by atoms with Gasteiger partial charge in [0.25, 0.3) is 5.91 Å². The second kappa shape index (κ2) is 9.67. The molecule has 7 heteroatoms. The van der Waals surface area contributed by atoms with Gasteiger partial charge in [-0.05, 0) is 42.5 Å². The molecular formula is C22H27FN2O4. The lowest BCUT2D eigenvalue weighted by molar-refractivity contribution is -0.149. The molecule has 6 nitrogen and oxygen atoms in total. The molecular weight excluding hydrogens is 375 g/mol. The van der Waals surface area contributed by atoms with E-state index in [1.54, 1.807) is 12.1 Å².